The molecule has 1 amide bonds. The van der Waals surface area contributed by atoms with Crippen molar-refractivity contribution >= 4 is 33.2 Å². The van der Waals surface area contributed by atoms with Crippen LogP contribution in [0.5, 0.6) is 0 Å². The zero-order valence-electron chi connectivity index (χ0n) is 19.9. The van der Waals surface area contributed by atoms with Crippen LogP contribution >= 0.6 is 11.3 Å². The molecular weight excluding hydrogens is 436 g/mol. The molecule has 3 aromatic heterocycles. The van der Waals surface area contributed by atoms with Crippen LogP contribution in [0.15, 0.2) is 40.8 Å². The van der Waals surface area contributed by atoms with Crippen molar-refractivity contribution in [2.24, 2.45) is 0 Å². The van der Waals surface area contributed by atoms with Crippen LogP contribution in [0.3, 0.4) is 0 Å². The molecule has 3 heterocycles. The first-order chi connectivity index (χ1) is 15.6. The average molecular weight is 467 g/mol. The van der Waals surface area contributed by atoms with E-state index in [4.69, 9.17) is 14.5 Å². The third kappa shape index (κ3) is 5.36. The second-order valence-corrected chi connectivity index (χ2v) is 10.2. The molecule has 0 aliphatic rings. The molecule has 8 nitrogen and oxygen atoms in total. The van der Waals surface area contributed by atoms with Crippen LogP contribution < -0.4 is 15.5 Å². The van der Waals surface area contributed by atoms with Gasteiger partial charge >= 0.3 is 0 Å². The predicted octanol–water partition coefficient (Wildman–Crippen LogP) is 4.63. The number of fused-ring (bicyclic) bond motifs is 1. The largest absolute Gasteiger partial charge is 0.465 e. The van der Waals surface area contributed by atoms with Crippen LogP contribution in [0, 0.1) is 13.8 Å². The maximum absolute atomic E-state index is 12.4. The molecule has 4 rings (SSSR count). The highest BCUT2D eigenvalue weighted by Gasteiger charge is 2.23. The number of likely N-dealkylation sites (N-methyl/N-ethyl adjacent to an activating group) is 1. The third-order valence-corrected chi connectivity index (χ3v) is 6.00. The van der Waals surface area contributed by atoms with E-state index in [2.05, 4.69) is 62.6 Å². The van der Waals surface area contributed by atoms with Crippen LogP contribution in [0.2, 0.25) is 0 Å². The molecule has 0 saturated heterocycles. The maximum Gasteiger partial charge on any atom is 0.239 e. The number of hydrogen-bond donors (Lipinski definition) is 2. The Labute approximate surface area is 197 Å². The van der Waals surface area contributed by atoms with Gasteiger partial charge in [-0.2, -0.15) is 4.52 Å². The summed E-state index contributed by atoms with van der Waals surface area (Å²) in [5.41, 5.74) is 2.93. The summed E-state index contributed by atoms with van der Waals surface area (Å²) in [5.74, 6) is 2.30. The number of amides is 1. The first kappa shape index (κ1) is 22.8. The van der Waals surface area contributed by atoms with Crippen molar-refractivity contribution < 1.29 is 9.21 Å². The van der Waals surface area contributed by atoms with Gasteiger partial charge in [-0.15, -0.1) is 5.10 Å². The molecule has 0 aliphatic carbocycles. The first-order valence-corrected chi connectivity index (χ1v) is 11.7. The van der Waals surface area contributed by atoms with Crippen molar-refractivity contribution in [3.8, 4) is 11.3 Å². The number of furan rings is 1. The molecule has 0 aliphatic heterocycles. The SMILES string of the molecule is Cc1ccc(-c2nc3sc(N(C)CC(=O)NCc4ccc(C)o4)nn3c2NC(C)(C)C)cc1. The molecule has 0 saturated carbocycles. The molecule has 33 heavy (non-hydrogen) atoms. The number of rotatable bonds is 7. The lowest BCUT2D eigenvalue weighted by Crippen LogP contribution is -2.34. The number of imidazole rings is 1. The zero-order valence-corrected chi connectivity index (χ0v) is 20.7. The van der Waals surface area contributed by atoms with Crippen molar-refractivity contribution in [1.29, 1.82) is 0 Å². The van der Waals surface area contributed by atoms with Crippen molar-refractivity contribution in [2.45, 2.75) is 46.7 Å². The third-order valence-electron chi connectivity index (χ3n) is 4.97. The maximum atomic E-state index is 12.4. The van der Waals surface area contributed by atoms with Gasteiger partial charge in [0.2, 0.25) is 16.0 Å². The van der Waals surface area contributed by atoms with Gasteiger partial charge < -0.3 is 20.0 Å². The van der Waals surface area contributed by atoms with Gasteiger partial charge in [-0.3, -0.25) is 4.79 Å². The van der Waals surface area contributed by atoms with Crippen molar-refractivity contribution in [3.05, 3.63) is 53.5 Å². The van der Waals surface area contributed by atoms with E-state index < -0.39 is 0 Å². The van der Waals surface area contributed by atoms with Crippen LogP contribution in [0.1, 0.15) is 37.9 Å². The van der Waals surface area contributed by atoms with E-state index in [0.717, 1.165) is 33.6 Å². The number of benzene rings is 1. The Kier molecular flexibility index (Phi) is 6.16. The topological polar surface area (TPSA) is 87.7 Å². The molecule has 0 unspecified atom stereocenters. The minimum atomic E-state index is -0.171. The lowest BCUT2D eigenvalue weighted by Gasteiger charge is -2.22. The lowest BCUT2D eigenvalue weighted by molar-refractivity contribution is -0.120. The summed E-state index contributed by atoms with van der Waals surface area (Å²) in [5, 5.41) is 11.9. The Balaban J connectivity index is 1.55. The van der Waals surface area contributed by atoms with Gasteiger partial charge in [-0.1, -0.05) is 41.2 Å². The van der Waals surface area contributed by atoms with Crippen LogP contribution in [-0.4, -0.2) is 39.6 Å². The molecule has 0 fully saturated rings. The Bertz CT molecular complexity index is 1260. The molecule has 9 heteroatoms. The fraction of sp³-hybridized carbons (Fsp3) is 0.375. The minimum absolute atomic E-state index is 0.104. The van der Waals surface area contributed by atoms with Gasteiger partial charge in [0, 0.05) is 18.2 Å². The normalized spacial score (nSPS) is 11.7. The van der Waals surface area contributed by atoms with E-state index >= 15 is 0 Å². The molecule has 1 aromatic carbocycles. The van der Waals surface area contributed by atoms with Gasteiger partial charge in [0.25, 0.3) is 0 Å². The fourth-order valence-electron chi connectivity index (χ4n) is 3.38. The standard InChI is InChI=1S/C24H30N6O2S/c1-15-7-10-17(11-8-15)20-21(27-24(3,4)5)30-22(26-20)33-23(28-30)29(6)14-19(31)25-13-18-12-9-16(2)32-18/h7-12,27H,13-14H2,1-6H3,(H,25,31). The number of carbonyl (C=O) groups is 1. The number of nitrogens with one attached hydrogen (secondary N) is 2. The Morgan fingerprint density at radius 2 is 1.88 bits per heavy atom. The second-order valence-electron chi connectivity index (χ2n) is 9.27. The summed E-state index contributed by atoms with van der Waals surface area (Å²) in [6.45, 7) is 10.8. The summed E-state index contributed by atoms with van der Waals surface area (Å²) in [4.78, 5) is 19.9. The molecule has 2 N–H and O–H groups in total. The van der Waals surface area contributed by atoms with Gasteiger partial charge in [-0.05, 0) is 46.8 Å². The van der Waals surface area contributed by atoms with Gasteiger partial charge in [0.05, 0.1) is 13.1 Å². The van der Waals surface area contributed by atoms with Crippen molar-refractivity contribution in [1.82, 2.24) is 19.9 Å². The quantitative estimate of drug-likeness (QED) is 0.413. The van der Waals surface area contributed by atoms with Crippen LogP contribution in [-0.2, 0) is 11.3 Å². The van der Waals surface area contributed by atoms with E-state index in [1.165, 1.54) is 16.9 Å². The van der Waals surface area contributed by atoms with E-state index in [0.29, 0.717) is 11.7 Å². The lowest BCUT2D eigenvalue weighted by atomic mass is 10.1. The molecular formula is C24H30N6O2S. The number of aromatic nitrogens is 3. The highest BCUT2D eigenvalue weighted by Crippen LogP contribution is 2.34. The molecule has 4 aromatic rings. The first-order valence-electron chi connectivity index (χ1n) is 10.9. The number of nitrogens with zero attached hydrogens (tertiary/aromatic N) is 4. The Hall–Kier alpha value is -3.33. The van der Waals surface area contributed by atoms with Crippen LogP contribution in [0.25, 0.3) is 16.2 Å². The predicted molar refractivity (Wildman–Crippen MR) is 133 cm³/mol. The fourth-order valence-corrected chi connectivity index (χ4v) is 4.24. The second kappa shape index (κ2) is 8.90. The van der Waals surface area contributed by atoms with E-state index in [1.54, 1.807) is 0 Å². The number of hydrogen-bond acceptors (Lipinski definition) is 7. The summed E-state index contributed by atoms with van der Waals surface area (Å²) in [6, 6.07) is 12.1. The molecule has 0 radical (unpaired) electrons. The highest BCUT2D eigenvalue weighted by atomic mass is 32.1. The zero-order chi connectivity index (χ0) is 23.8. The molecule has 0 spiro atoms. The number of anilines is 2. The average Bonchev–Trinajstić information content (AvgIpc) is 3.42. The van der Waals surface area contributed by atoms with Crippen molar-refractivity contribution in [3.63, 3.8) is 0 Å². The van der Waals surface area contributed by atoms with E-state index in [-0.39, 0.29) is 18.0 Å². The van der Waals surface area contributed by atoms with Crippen molar-refractivity contribution in [2.75, 3.05) is 23.8 Å². The van der Waals surface area contributed by atoms with E-state index in [9.17, 15) is 4.79 Å². The van der Waals surface area contributed by atoms with Gasteiger partial charge in [0.15, 0.2) is 5.82 Å². The summed E-state index contributed by atoms with van der Waals surface area (Å²) in [6.07, 6.45) is 0. The van der Waals surface area contributed by atoms with Gasteiger partial charge in [-0.25, -0.2) is 4.98 Å². The van der Waals surface area contributed by atoms with Gasteiger partial charge in [0.1, 0.15) is 17.2 Å². The molecule has 0 atom stereocenters. The molecule has 0 bridgehead atoms. The number of aryl methyl sites for hydroxylation is 2. The van der Waals surface area contributed by atoms with Crippen LogP contribution in [0.4, 0.5) is 10.9 Å². The molecule has 174 valence electrons. The van der Waals surface area contributed by atoms with E-state index in [1.807, 2.05) is 35.5 Å². The summed E-state index contributed by atoms with van der Waals surface area (Å²) < 4.78 is 7.34. The summed E-state index contributed by atoms with van der Waals surface area (Å²) in [7, 11) is 1.85. The monoisotopic (exact) mass is 466 g/mol. The smallest absolute Gasteiger partial charge is 0.239 e. The summed E-state index contributed by atoms with van der Waals surface area (Å²) >= 11 is 1.45. The Morgan fingerprint density at radius 3 is 2.52 bits per heavy atom. The minimum Gasteiger partial charge on any atom is -0.465 e. The Morgan fingerprint density at radius 1 is 1.15 bits per heavy atom. The highest BCUT2D eigenvalue weighted by molar-refractivity contribution is 7.20. The number of carbonyl (C=O) groups excluding carboxylic acids is 1.